The van der Waals surface area contributed by atoms with E-state index in [2.05, 4.69) is 10.5 Å². The number of likely N-dealkylation sites (tertiary alicyclic amines) is 1. The molecule has 2 atom stereocenters. The molecule has 246 valence electrons. The van der Waals surface area contributed by atoms with Crippen LogP contribution in [0, 0.1) is 6.92 Å². The minimum Gasteiger partial charge on any atom is -0.493 e. The molecule has 0 radical (unpaired) electrons. The van der Waals surface area contributed by atoms with Gasteiger partial charge >= 0.3 is 0 Å². The van der Waals surface area contributed by atoms with Gasteiger partial charge in [-0.3, -0.25) is 14.4 Å². The number of aromatic nitrogens is 1. The van der Waals surface area contributed by atoms with Crippen molar-refractivity contribution in [2.75, 3.05) is 47.0 Å². The summed E-state index contributed by atoms with van der Waals surface area (Å²) in [6.07, 6.45) is 1.50. The molecule has 1 fully saturated rings. The third-order valence-electron chi connectivity index (χ3n) is 8.16. The van der Waals surface area contributed by atoms with E-state index >= 15 is 0 Å². The van der Waals surface area contributed by atoms with Crippen molar-refractivity contribution >= 4 is 17.7 Å². The lowest BCUT2D eigenvalue weighted by Gasteiger charge is -2.39. The van der Waals surface area contributed by atoms with Crippen LogP contribution in [0.2, 0.25) is 0 Å². The fourth-order valence-electron chi connectivity index (χ4n) is 5.76. The molecule has 0 spiro atoms. The molecule has 0 saturated carbocycles. The lowest BCUT2D eigenvalue weighted by atomic mass is 10.0. The molecule has 1 saturated heterocycles. The summed E-state index contributed by atoms with van der Waals surface area (Å²) in [6.45, 7) is 3.52. The van der Waals surface area contributed by atoms with Crippen LogP contribution < -0.4 is 14.8 Å². The van der Waals surface area contributed by atoms with Gasteiger partial charge in [-0.2, -0.15) is 0 Å². The first-order valence-corrected chi connectivity index (χ1v) is 15.6. The average molecular weight is 635 g/mol. The van der Waals surface area contributed by atoms with Crippen LogP contribution in [0.25, 0.3) is 0 Å². The summed E-state index contributed by atoms with van der Waals surface area (Å²) >= 11 is 0. The molecule has 4 heterocycles. The Balaban J connectivity index is 1.38. The number of fused-ring (bicyclic) bond motifs is 9. The number of rotatable bonds is 7. The molecule has 2 aromatic carbocycles. The number of amides is 3. The van der Waals surface area contributed by atoms with Gasteiger partial charge in [0.05, 0.1) is 44.5 Å². The van der Waals surface area contributed by atoms with Crippen molar-refractivity contribution in [2.24, 2.45) is 0 Å². The highest BCUT2D eigenvalue weighted by Crippen LogP contribution is 2.33. The summed E-state index contributed by atoms with van der Waals surface area (Å²) < 4.78 is 28.6. The van der Waals surface area contributed by atoms with Crippen LogP contribution in [-0.2, 0) is 43.3 Å². The van der Waals surface area contributed by atoms with Crippen molar-refractivity contribution in [3.05, 3.63) is 71.1 Å². The van der Waals surface area contributed by atoms with Gasteiger partial charge in [-0.05, 0) is 61.6 Å². The quantitative estimate of drug-likeness (QED) is 0.388. The molecule has 12 nitrogen and oxygen atoms in total. The van der Waals surface area contributed by atoms with Crippen molar-refractivity contribution in [3.8, 4) is 17.2 Å². The number of piperidine rings is 1. The molecule has 12 heteroatoms. The topological polar surface area (TPSA) is 133 Å². The number of methoxy groups -OCH3 is 2. The van der Waals surface area contributed by atoms with Gasteiger partial charge in [-0.25, -0.2) is 0 Å². The minimum absolute atomic E-state index is 0.0775. The van der Waals surface area contributed by atoms with Crippen molar-refractivity contribution in [1.82, 2.24) is 20.3 Å². The van der Waals surface area contributed by atoms with Gasteiger partial charge in [0.25, 0.3) is 0 Å². The molecule has 46 heavy (non-hydrogen) atoms. The SMILES string of the molecule is COCCCN1CC(=O)N[C@H]2CN(C(=O)Cc3cc(C)no3)CC[C@H]2OCc2cccc(c2)Oc2ccc(cc2OC)CCC1=O. The zero-order valence-corrected chi connectivity index (χ0v) is 26.7. The molecule has 3 aliphatic heterocycles. The maximum atomic E-state index is 13.5. The number of nitrogens with one attached hydrogen (secondary N) is 1. The molecule has 3 aliphatic rings. The fourth-order valence-corrected chi connectivity index (χ4v) is 5.76. The summed E-state index contributed by atoms with van der Waals surface area (Å²) in [7, 11) is 3.18. The van der Waals surface area contributed by atoms with Crippen LogP contribution in [0.15, 0.2) is 53.1 Å². The van der Waals surface area contributed by atoms with Crippen molar-refractivity contribution in [2.45, 2.75) is 57.8 Å². The highest BCUT2D eigenvalue weighted by atomic mass is 16.5. The summed E-state index contributed by atoms with van der Waals surface area (Å²) in [5.41, 5.74) is 2.51. The molecule has 1 N–H and O–H groups in total. The summed E-state index contributed by atoms with van der Waals surface area (Å²) in [4.78, 5) is 43.4. The van der Waals surface area contributed by atoms with E-state index in [-0.39, 0.29) is 56.4 Å². The van der Waals surface area contributed by atoms with Gasteiger partial charge in [0.1, 0.15) is 11.5 Å². The third kappa shape index (κ3) is 8.85. The lowest BCUT2D eigenvalue weighted by Crippen LogP contribution is -2.58. The van der Waals surface area contributed by atoms with E-state index in [1.807, 2.05) is 42.5 Å². The van der Waals surface area contributed by atoms with Gasteiger partial charge in [0.2, 0.25) is 17.7 Å². The number of carbonyl (C=O) groups is 3. The highest BCUT2D eigenvalue weighted by Gasteiger charge is 2.34. The Kier molecular flexibility index (Phi) is 11.3. The molecular formula is C34H42N4O8. The van der Waals surface area contributed by atoms with Gasteiger partial charge in [0.15, 0.2) is 11.5 Å². The Morgan fingerprint density at radius 3 is 2.74 bits per heavy atom. The maximum absolute atomic E-state index is 13.5. The second kappa shape index (κ2) is 15.7. The first-order chi connectivity index (χ1) is 22.3. The normalized spacial score (nSPS) is 19.4. The Labute approximate surface area is 268 Å². The molecule has 3 aromatic rings. The van der Waals surface area contributed by atoms with Gasteiger partial charge in [-0.1, -0.05) is 23.4 Å². The Hall–Kier alpha value is -4.42. The average Bonchev–Trinajstić information content (AvgIpc) is 3.46. The zero-order valence-electron chi connectivity index (χ0n) is 26.7. The number of hydrogen-bond acceptors (Lipinski definition) is 9. The number of carbonyl (C=O) groups excluding carboxylic acids is 3. The van der Waals surface area contributed by atoms with Gasteiger partial charge in [0, 0.05) is 45.8 Å². The summed E-state index contributed by atoms with van der Waals surface area (Å²) in [6, 6.07) is 14.5. The predicted octanol–water partition coefficient (Wildman–Crippen LogP) is 3.44. The molecule has 0 aliphatic carbocycles. The van der Waals surface area contributed by atoms with Crippen LogP contribution in [-0.4, -0.2) is 91.8 Å². The first kappa shape index (κ1) is 33.0. The molecule has 0 unspecified atom stereocenters. The van der Waals surface area contributed by atoms with Crippen LogP contribution in [0.1, 0.15) is 41.8 Å². The highest BCUT2D eigenvalue weighted by molar-refractivity contribution is 5.85. The predicted molar refractivity (Wildman–Crippen MR) is 168 cm³/mol. The molecular weight excluding hydrogens is 592 g/mol. The fraction of sp³-hybridized carbons (Fsp3) is 0.471. The third-order valence-corrected chi connectivity index (χ3v) is 8.16. The standard InChI is InChI=1S/C34H42N4O8/c1-23-16-27(46-36-23)19-34(41)38-14-12-29-28(20-38)35-32(39)21-37(13-5-15-42-2)33(40)11-9-24-8-10-30(31(18-24)43-3)45-26-7-4-6-25(17-26)22-44-29/h4,6-8,10,16-18,28-29H,5,9,11-15,19-22H2,1-3H3,(H,35,39)/t28-,29+/m0/s1. The van der Waals surface area contributed by atoms with E-state index in [1.54, 1.807) is 37.0 Å². The second-order valence-corrected chi connectivity index (χ2v) is 11.7. The molecule has 6 rings (SSSR count). The largest absolute Gasteiger partial charge is 0.493 e. The number of hydrogen-bond donors (Lipinski definition) is 1. The van der Waals surface area contributed by atoms with Gasteiger partial charge in [-0.15, -0.1) is 0 Å². The second-order valence-electron chi connectivity index (χ2n) is 11.7. The van der Waals surface area contributed by atoms with Crippen molar-refractivity contribution < 1.29 is 37.9 Å². The van der Waals surface area contributed by atoms with Crippen molar-refractivity contribution in [1.29, 1.82) is 0 Å². The number of aryl methyl sites for hydroxylation is 2. The molecule has 4 bridgehead atoms. The monoisotopic (exact) mass is 634 g/mol. The van der Waals surface area contributed by atoms with E-state index in [1.165, 1.54) is 0 Å². The van der Waals surface area contributed by atoms with Gasteiger partial charge < -0.3 is 38.6 Å². The van der Waals surface area contributed by atoms with Crippen LogP contribution in [0.5, 0.6) is 17.2 Å². The molecule has 1 aromatic heterocycles. The smallest absolute Gasteiger partial charge is 0.239 e. The lowest BCUT2D eigenvalue weighted by molar-refractivity contribution is -0.139. The van der Waals surface area contributed by atoms with E-state index in [0.717, 1.165) is 11.1 Å². The van der Waals surface area contributed by atoms with E-state index in [9.17, 15) is 14.4 Å². The van der Waals surface area contributed by atoms with E-state index in [4.69, 9.17) is 23.5 Å². The first-order valence-electron chi connectivity index (χ1n) is 15.6. The number of ether oxygens (including phenoxy) is 4. The number of benzene rings is 2. The van der Waals surface area contributed by atoms with Crippen molar-refractivity contribution in [3.63, 3.8) is 0 Å². The maximum Gasteiger partial charge on any atom is 0.239 e. The van der Waals surface area contributed by atoms with E-state index in [0.29, 0.717) is 67.7 Å². The number of nitrogens with zero attached hydrogens (tertiary/aromatic N) is 3. The minimum atomic E-state index is -0.487. The van der Waals surface area contributed by atoms with Crippen LogP contribution >= 0.6 is 0 Å². The summed E-state index contributed by atoms with van der Waals surface area (Å²) in [5, 5.41) is 6.96. The molecule has 3 amide bonds. The van der Waals surface area contributed by atoms with E-state index < -0.39 is 6.04 Å². The summed E-state index contributed by atoms with van der Waals surface area (Å²) in [5.74, 6) is 1.65. The van der Waals surface area contributed by atoms with Crippen LogP contribution in [0.4, 0.5) is 0 Å². The van der Waals surface area contributed by atoms with Crippen LogP contribution in [0.3, 0.4) is 0 Å². The Morgan fingerprint density at radius 1 is 1.09 bits per heavy atom. The zero-order chi connectivity index (χ0) is 32.5. The Morgan fingerprint density at radius 2 is 1.96 bits per heavy atom. The Bertz CT molecular complexity index is 1510.